The summed E-state index contributed by atoms with van der Waals surface area (Å²) >= 11 is 1.87. The number of thioether (sulfide) groups is 1. The fourth-order valence-corrected chi connectivity index (χ4v) is 3.11. The van der Waals surface area contributed by atoms with E-state index in [1.54, 1.807) is 0 Å². The molecule has 0 spiro atoms. The second-order valence-corrected chi connectivity index (χ2v) is 5.93. The van der Waals surface area contributed by atoms with Gasteiger partial charge in [-0.05, 0) is 31.6 Å². The smallest absolute Gasteiger partial charge is 0.156 e. The Hall–Kier alpha value is -0.220. The van der Waals surface area contributed by atoms with Crippen LogP contribution in [0.15, 0.2) is 4.99 Å². The van der Waals surface area contributed by atoms with Crippen molar-refractivity contribution < 1.29 is 4.74 Å². The van der Waals surface area contributed by atoms with Crippen LogP contribution in [0.1, 0.15) is 26.7 Å². The van der Waals surface area contributed by atoms with Crippen molar-refractivity contribution in [2.45, 2.75) is 32.7 Å². The molecule has 0 aromatic rings. The molecule has 2 aliphatic heterocycles. The molecule has 2 saturated heterocycles. The Balaban J connectivity index is 1.78. The average Bonchev–Trinajstić information content (AvgIpc) is 2.32. The number of hydrogen-bond acceptors (Lipinski definition) is 3. The Bertz CT molecular complexity index is 251. The van der Waals surface area contributed by atoms with E-state index in [1.165, 1.54) is 18.6 Å². The zero-order chi connectivity index (χ0) is 11.4. The average molecular weight is 242 g/mol. The lowest BCUT2D eigenvalue weighted by molar-refractivity contribution is 0.0689. The summed E-state index contributed by atoms with van der Waals surface area (Å²) in [6, 6.07) is 0.565. The molecule has 0 amide bonds. The minimum Gasteiger partial charge on any atom is -0.381 e. The molecule has 3 nitrogen and oxygen atoms in total. The Labute approximate surface area is 102 Å². The van der Waals surface area contributed by atoms with Gasteiger partial charge in [0.25, 0.3) is 0 Å². The minimum absolute atomic E-state index is 0.565. The molecule has 2 aliphatic rings. The number of amidine groups is 1. The van der Waals surface area contributed by atoms with Crippen molar-refractivity contribution in [1.82, 2.24) is 5.32 Å². The fraction of sp³-hybridized carbons (Fsp3) is 0.917. The van der Waals surface area contributed by atoms with Crippen LogP contribution < -0.4 is 5.32 Å². The van der Waals surface area contributed by atoms with Gasteiger partial charge in [-0.3, -0.25) is 4.99 Å². The summed E-state index contributed by atoms with van der Waals surface area (Å²) < 4.78 is 5.35. The lowest BCUT2D eigenvalue weighted by Crippen LogP contribution is -2.41. The molecule has 2 rings (SSSR count). The van der Waals surface area contributed by atoms with Gasteiger partial charge in [-0.15, -0.1) is 0 Å². The Kier molecular flexibility index (Phi) is 4.53. The van der Waals surface area contributed by atoms with E-state index in [0.29, 0.717) is 6.04 Å². The minimum atomic E-state index is 0.565. The lowest BCUT2D eigenvalue weighted by atomic mass is 10.0. The summed E-state index contributed by atoms with van der Waals surface area (Å²) in [5.41, 5.74) is 0. The molecule has 0 aliphatic carbocycles. The van der Waals surface area contributed by atoms with Crippen molar-refractivity contribution in [3.05, 3.63) is 0 Å². The summed E-state index contributed by atoms with van der Waals surface area (Å²) in [5.74, 6) is 2.67. The maximum Gasteiger partial charge on any atom is 0.156 e. The largest absolute Gasteiger partial charge is 0.381 e. The SMILES string of the molecule is CC1CSC(=NCC2CCOCC2)NC1C. The van der Waals surface area contributed by atoms with E-state index < -0.39 is 0 Å². The molecule has 0 aromatic carbocycles. The van der Waals surface area contributed by atoms with Gasteiger partial charge in [0, 0.05) is 31.6 Å². The predicted octanol–water partition coefficient (Wildman–Crippen LogP) is 2.13. The quantitative estimate of drug-likeness (QED) is 0.805. The lowest BCUT2D eigenvalue weighted by Gasteiger charge is -2.29. The van der Waals surface area contributed by atoms with Gasteiger partial charge in [-0.1, -0.05) is 18.7 Å². The molecule has 1 N–H and O–H groups in total. The zero-order valence-electron chi connectivity index (χ0n) is 10.2. The van der Waals surface area contributed by atoms with Crippen LogP contribution in [-0.4, -0.2) is 36.7 Å². The molecule has 0 saturated carbocycles. The normalized spacial score (nSPS) is 35.0. The second-order valence-electron chi connectivity index (χ2n) is 4.92. The van der Waals surface area contributed by atoms with Gasteiger partial charge in [0.15, 0.2) is 5.17 Å². The van der Waals surface area contributed by atoms with Gasteiger partial charge in [-0.25, -0.2) is 0 Å². The first-order valence-corrected chi connectivity index (χ1v) is 7.26. The molecule has 16 heavy (non-hydrogen) atoms. The first-order valence-electron chi connectivity index (χ1n) is 6.27. The second kappa shape index (κ2) is 5.92. The van der Waals surface area contributed by atoms with Crippen molar-refractivity contribution in [2.75, 3.05) is 25.5 Å². The van der Waals surface area contributed by atoms with Crippen LogP contribution in [0.4, 0.5) is 0 Å². The molecule has 2 unspecified atom stereocenters. The standard InChI is InChI=1S/C12H22N2OS/c1-9-8-16-12(14-10(9)2)13-7-11-3-5-15-6-4-11/h9-11H,3-8H2,1-2H3,(H,13,14). The molecule has 0 aromatic heterocycles. The Morgan fingerprint density at radius 3 is 2.81 bits per heavy atom. The number of aliphatic imine (C=N–C) groups is 1. The first-order chi connectivity index (χ1) is 7.75. The summed E-state index contributed by atoms with van der Waals surface area (Å²) in [7, 11) is 0. The van der Waals surface area contributed by atoms with Crippen molar-refractivity contribution in [1.29, 1.82) is 0 Å². The molecule has 0 bridgehead atoms. The highest BCUT2D eigenvalue weighted by Gasteiger charge is 2.21. The predicted molar refractivity (Wildman–Crippen MR) is 70.1 cm³/mol. The summed E-state index contributed by atoms with van der Waals surface area (Å²) in [6.45, 7) is 7.35. The van der Waals surface area contributed by atoms with Gasteiger partial charge >= 0.3 is 0 Å². The van der Waals surface area contributed by atoms with Crippen molar-refractivity contribution in [2.24, 2.45) is 16.8 Å². The van der Waals surface area contributed by atoms with Crippen LogP contribution in [0.25, 0.3) is 0 Å². The van der Waals surface area contributed by atoms with Crippen LogP contribution >= 0.6 is 11.8 Å². The van der Waals surface area contributed by atoms with E-state index >= 15 is 0 Å². The van der Waals surface area contributed by atoms with Gasteiger partial charge < -0.3 is 10.1 Å². The number of nitrogens with one attached hydrogen (secondary N) is 1. The highest BCUT2D eigenvalue weighted by Crippen LogP contribution is 2.20. The molecule has 2 heterocycles. The molecule has 92 valence electrons. The van der Waals surface area contributed by atoms with Gasteiger partial charge in [0.1, 0.15) is 0 Å². The van der Waals surface area contributed by atoms with Gasteiger partial charge in [-0.2, -0.15) is 0 Å². The number of hydrogen-bond donors (Lipinski definition) is 1. The molecule has 0 radical (unpaired) electrons. The molecular formula is C12H22N2OS. The van der Waals surface area contributed by atoms with Crippen LogP contribution in [0.3, 0.4) is 0 Å². The number of ether oxygens (including phenoxy) is 1. The molecule has 4 heteroatoms. The zero-order valence-corrected chi connectivity index (χ0v) is 11.1. The summed E-state index contributed by atoms with van der Waals surface area (Å²) in [5, 5.41) is 4.64. The first kappa shape index (κ1) is 12.2. The van der Waals surface area contributed by atoms with E-state index in [9.17, 15) is 0 Å². The van der Waals surface area contributed by atoms with Crippen molar-refractivity contribution in [3.8, 4) is 0 Å². The van der Waals surface area contributed by atoms with Crippen LogP contribution in [0.5, 0.6) is 0 Å². The van der Waals surface area contributed by atoms with Crippen molar-refractivity contribution in [3.63, 3.8) is 0 Å². The summed E-state index contributed by atoms with van der Waals surface area (Å²) in [6.07, 6.45) is 2.35. The third kappa shape index (κ3) is 3.39. The van der Waals surface area contributed by atoms with Gasteiger partial charge in [0.05, 0.1) is 0 Å². The van der Waals surface area contributed by atoms with E-state index in [0.717, 1.165) is 36.8 Å². The Morgan fingerprint density at radius 1 is 1.38 bits per heavy atom. The van der Waals surface area contributed by atoms with Crippen molar-refractivity contribution >= 4 is 16.9 Å². The van der Waals surface area contributed by atoms with E-state index in [4.69, 9.17) is 9.73 Å². The number of rotatable bonds is 2. The van der Waals surface area contributed by atoms with E-state index in [2.05, 4.69) is 19.2 Å². The molecule has 2 fully saturated rings. The number of nitrogens with zero attached hydrogens (tertiary/aromatic N) is 1. The topological polar surface area (TPSA) is 33.6 Å². The van der Waals surface area contributed by atoms with E-state index in [-0.39, 0.29) is 0 Å². The third-order valence-corrected chi connectivity index (χ3v) is 4.73. The van der Waals surface area contributed by atoms with E-state index in [1.807, 2.05) is 11.8 Å². The van der Waals surface area contributed by atoms with Gasteiger partial charge in [0.2, 0.25) is 0 Å². The highest BCUT2D eigenvalue weighted by atomic mass is 32.2. The maximum absolute atomic E-state index is 5.35. The summed E-state index contributed by atoms with van der Waals surface area (Å²) in [4.78, 5) is 4.70. The third-order valence-electron chi connectivity index (χ3n) is 3.52. The van der Waals surface area contributed by atoms with Crippen LogP contribution in [-0.2, 0) is 4.74 Å². The molecule has 2 atom stereocenters. The monoisotopic (exact) mass is 242 g/mol. The maximum atomic E-state index is 5.35. The van der Waals surface area contributed by atoms with Crippen LogP contribution in [0, 0.1) is 11.8 Å². The fourth-order valence-electron chi connectivity index (χ4n) is 1.97. The highest BCUT2D eigenvalue weighted by molar-refractivity contribution is 8.13. The van der Waals surface area contributed by atoms with Crippen LogP contribution in [0.2, 0.25) is 0 Å². The Morgan fingerprint density at radius 2 is 2.12 bits per heavy atom. The molecular weight excluding hydrogens is 220 g/mol.